The number of amides is 1. The molecule has 0 N–H and O–H groups in total. The Morgan fingerprint density at radius 3 is 2.48 bits per heavy atom. The van der Waals surface area contributed by atoms with Gasteiger partial charge in [-0.25, -0.2) is 4.98 Å². The smallest absolute Gasteiger partial charge is 0.227 e. The molecule has 0 radical (unpaired) electrons. The van der Waals surface area contributed by atoms with Crippen LogP contribution in [-0.2, 0) is 4.79 Å². The van der Waals surface area contributed by atoms with Crippen LogP contribution in [-0.4, -0.2) is 76.9 Å². The predicted molar refractivity (Wildman–Crippen MR) is 126 cm³/mol. The van der Waals surface area contributed by atoms with Crippen molar-refractivity contribution in [2.75, 3.05) is 56.2 Å². The number of imidazole rings is 1. The van der Waals surface area contributed by atoms with E-state index in [-0.39, 0.29) is 11.8 Å². The van der Waals surface area contributed by atoms with Gasteiger partial charge in [-0.2, -0.15) is 0 Å². The van der Waals surface area contributed by atoms with Crippen LogP contribution in [0.2, 0.25) is 0 Å². The van der Waals surface area contributed by atoms with E-state index in [2.05, 4.69) is 31.0 Å². The van der Waals surface area contributed by atoms with Crippen LogP contribution in [0.25, 0.3) is 5.82 Å². The van der Waals surface area contributed by atoms with Gasteiger partial charge < -0.3 is 19.4 Å². The monoisotopic (exact) mass is 447 g/mol. The number of rotatable bonds is 5. The summed E-state index contributed by atoms with van der Waals surface area (Å²) in [5, 5.41) is 8.74. The molecule has 1 amide bonds. The van der Waals surface area contributed by atoms with Crippen LogP contribution in [0.4, 0.5) is 11.5 Å². The van der Waals surface area contributed by atoms with Crippen molar-refractivity contribution in [3.63, 3.8) is 0 Å². The molecule has 5 rings (SSSR count). The fourth-order valence-electron chi connectivity index (χ4n) is 4.72. The number of para-hydroxylation sites is 2. The maximum absolute atomic E-state index is 13.3. The Hall–Kier alpha value is -3.62. The minimum Gasteiger partial charge on any atom is -0.495 e. The number of nitrogens with zero attached hydrogens (tertiary/aromatic N) is 7. The second-order valence-corrected chi connectivity index (χ2v) is 8.49. The highest BCUT2D eigenvalue weighted by molar-refractivity contribution is 5.80. The lowest BCUT2D eigenvalue weighted by Gasteiger charge is -2.40. The van der Waals surface area contributed by atoms with Crippen LogP contribution in [0.15, 0.2) is 55.1 Å². The van der Waals surface area contributed by atoms with E-state index in [9.17, 15) is 4.79 Å². The predicted octanol–water partition coefficient (Wildman–Crippen LogP) is 2.24. The van der Waals surface area contributed by atoms with Crippen molar-refractivity contribution in [2.24, 2.45) is 5.92 Å². The molecule has 1 aromatic carbocycles. The standard InChI is InChI=1S/C24H29N7O2/c1-33-21-7-3-2-6-20(21)28-13-15-29(16-14-28)24(32)19-5-4-11-30(17-19)22-8-9-23(27-26-22)31-12-10-25-18-31/h2-3,6-10,12,18-19H,4-5,11,13-17H2,1H3. The number of benzene rings is 1. The summed E-state index contributed by atoms with van der Waals surface area (Å²) in [6, 6.07) is 12.0. The van der Waals surface area contributed by atoms with Crippen LogP contribution < -0.4 is 14.5 Å². The average molecular weight is 448 g/mol. The number of methoxy groups -OCH3 is 1. The molecular weight excluding hydrogens is 418 g/mol. The molecule has 9 nitrogen and oxygen atoms in total. The largest absolute Gasteiger partial charge is 0.495 e. The summed E-state index contributed by atoms with van der Waals surface area (Å²) >= 11 is 0. The number of hydrogen-bond acceptors (Lipinski definition) is 7. The van der Waals surface area contributed by atoms with Crippen LogP contribution in [0, 0.1) is 5.92 Å². The number of aromatic nitrogens is 4. The summed E-state index contributed by atoms with van der Waals surface area (Å²) in [4.78, 5) is 23.9. The summed E-state index contributed by atoms with van der Waals surface area (Å²) in [5.74, 6) is 2.67. The zero-order valence-electron chi connectivity index (χ0n) is 18.9. The van der Waals surface area contributed by atoms with E-state index >= 15 is 0 Å². The third-order valence-corrected chi connectivity index (χ3v) is 6.52. The molecule has 172 valence electrons. The van der Waals surface area contributed by atoms with Crippen molar-refractivity contribution in [3.05, 3.63) is 55.1 Å². The molecule has 2 aliphatic heterocycles. The van der Waals surface area contributed by atoms with E-state index in [1.54, 1.807) is 19.6 Å². The fourth-order valence-corrected chi connectivity index (χ4v) is 4.72. The first-order valence-corrected chi connectivity index (χ1v) is 11.5. The van der Waals surface area contributed by atoms with E-state index in [1.807, 2.05) is 46.0 Å². The number of anilines is 2. The van der Waals surface area contributed by atoms with Gasteiger partial charge in [-0.15, -0.1) is 10.2 Å². The van der Waals surface area contributed by atoms with E-state index in [0.29, 0.717) is 6.54 Å². The van der Waals surface area contributed by atoms with Crippen molar-refractivity contribution >= 4 is 17.4 Å². The molecule has 2 aromatic heterocycles. The Kier molecular flexibility index (Phi) is 6.10. The Morgan fingerprint density at radius 1 is 0.970 bits per heavy atom. The zero-order valence-corrected chi connectivity index (χ0v) is 18.9. The number of hydrogen-bond donors (Lipinski definition) is 0. The maximum atomic E-state index is 13.3. The summed E-state index contributed by atoms with van der Waals surface area (Å²) in [6.45, 7) is 4.65. The normalized spacial score (nSPS) is 18.9. The van der Waals surface area contributed by atoms with Gasteiger partial charge >= 0.3 is 0 Å². The molecule has 4 heterocycles. The molecule has 1 atom stereocenters. The number of carbonyl (C=O) groups is 1. The lowest BCUT2D eigenvalue weighted by molar-refractivity contribution is -0.136. The molecule has 33 heavy (non-hydrogen) atoms. The van der Waals surface area contributed by atoms with Gasteiger partial charge in [-0.1, -0.05) is 12.1 Å². The average Bonchev–Trinajstić information content (AvgIpc) is 3.44. The van der Waals surface area contributed by atoms with E-state index in [1.165, 1.54) is 0 Å². The van der Waals surface area contributed by atoms with Crippen molar-refractivity contribution in [1.29, 1.82) is 0 Å². The van der Waals surface area contributed by atoms with Gasteiger partial charge in [0.25, 0.3) is 0 Å². The summed E-state index contributed by atoms with van der Waals surface area (Å²) in [5.41, 5.74) is 1.09. The number of piperazine rings is 1. The molecule has 2 saturated heterocycles. The molecule has 2 aliphatic rings. The van der Waals surface area contributed by atoms with Crippen molar-refractivity contribution < 1.29 is 9.53 Å². The first-order chi connectivity index (χ1) is 16.2. The van der Waals surface area contributed by atoms with Gasteiger partial charge in [0.1, 0.15) is 12.1 Å². The molecule has 0 spiro atoms. The molecule has 9 heteroatoms. The highest BCUT2D eigenvalue weighted by Crippen LogP contribution is 2.29. The maximum Gasteiger partial charge on any atom is 0.227 e. The van der Waals surface area contributed by atoms with Crippen molar-refractivity contribution in [3.8, 4) is 11.6 Å². The second-order valence-electron chi connectivity index (χ2n) is 8.49. The minimum atomic E-state index is -0.00770. The van der Waals surface area contributed by atoms with Crippen molar-refractivity contribution in [2.45, 2.75) is 12.8 Å². The Morgan fingerprint density at radius 2 is 1.76 bits per heavy atom. The van der Waals surface area contributed by atoms with Gasteiger partial charge in [-0.3, -0.25) is 9.36 Å². The molecule has 3 aromatic rings. The Balaban J connectivity index is 1.19. The molecule has 2 fully saturated rings. The number of carbonyl (C=O) groups excluding carboxylic acids is 1. The van der Waals surface area contributed by atoms with Crippen LogP contribution in [0.5, 0.6) is 5.75 Å². The first kappa shape index (κ1) is 21.2. The van der Waals surface area contributed by atoms with E-state index in [0.717, 1.165) is 68.6 Å². The van der Waals surface area contributed by atoms with Crippen molar-refractivity contribution in [1.82, 2.24) is 24.6 Å². The highest BCUT2D eigenvalue weighted by Gasteiger charge is 2.32. The third kappa shape index (κ3) is 4.48. The minimum absolute atomic E-state index is 0.00770. The topological polar surface area (TPSA) is 79.6 Å². The molecule has 0 bridgehead atoms. The molecular formula is C24H29N7O2. The van der Waals surface area contributed by atoms with Crippen LogP contribution in [0.1, 0.15) is 12.8 Å². The molecule has 0 saturated carbocycles. The lowest BCUT2D eigenvalue weighted by atomic mass is 9.96. The number of ether oxygens (including phenoxy) is 1. The quantitative estimate of drug-likeness (QED) is 0.593. The fraction of sp³-hybridized carbons (Fsp3) is 0.417. The summed E-state index contributed by atoms with van der Waals surface area (Å²) in [6.07, 6.45) is 7.15. The van der Waals surface area contributed by atoms with Crippen LogP contribution >= 0.6 is 0 Å². The van der Waals surface area contributed by atoms with Gasteiger partial charge in [0.2, 0.25) is 5.91 Å². The van der Waals surface area contributed by atoms with E-state index in [4.69, 9.17) is 4.74 Å². The summed E-state index contributed by atoms with van der Waals surface area (Å²) < 4.78 is 7.33. The highest BCUT2D eigenvalue weighted by atomic mass is 16.5. The molecule has 1 unspecified atom stereocenters. The van der Waals surface area contributed by atoms with Crippen LogP contribution in [0.3, 0.4) is 0 Å². The Labute approximate surface area is 193 Å². The SMILES string of the molecule is COc1ccccc1N1CCN(C(=O)C2CCCN(c3ccc(-n4ccnc4)nn3)C2)CC1. The first-order valence-electron chi connectivity index (χ1n) is 11.5. The second kappa shape index (κ2) is 9.48. The van der Waals surface area contributed by atoms with Gasteiger partial charge in [0, 0.05) is 51.7 Å². The van der Waals surface area contributed by atoms with Gasteiger partial charge in [-0.05, 0) is 37.1 Å². The van der Waals surface area contributed by atoms with Gasteiger partial charge in [0.05, 0.1) is 18.7 Å². The van der Waals surface area contributed by atoms with E-state index < -0.39 is 0 Å². The Bertz CT molecular complexity index is 1060. The molecule has 0 aliphatic carbocycles. The lowest BCUT2D eigenvalue weighted by Crippen LogP contribution is -2.52. The zero-order chi connectivity index (χ0) is 22.6. The third-order valence-electron chi connectivity index (χ3n) is 6.52. The van der Waals surface area contributed by atoms with Gasteiger partial charge in [0.15, 0.2) is 11.6 Å². The summed E-state index contributed by atoms with van der Waals surface area (Å²) in [7, 11) is 1.70. The number of piperidine rings is 1.